The molecule has 4 rings (SSSR count). The van der Waals surface area contributed by atoms with Gasteiger partial charge in [0.05, 0.1) is 6.61 Å². The predicted molar refractivity (Wildman–Crippen MR) is 144 cm³/mol. The number of carbonyl (C=O) groups is 1. The summed E-state index contributed by atoms with van der Waals surface area (Å²) in [6, 6.07) is 30.8. The van der Waals surface area contributed by atoms with E-state index in [1.54, 1.807) is 0 Å². The number of aliphatic hydroxyl groups excluding tert-OH is 1. The molecule has 4 aromatic carbocycles. The lowest BCUT2D eigenvalue weighted by molar-refractivity contribution is 0.0950. The second-order valence-electron chi connectivity index (χ2n) is 8.60. The number of nitrogens with one attached hydrogen (secondary N) is 1. The van der Waals surface area contributed by atoms with Crippen molar-refractivity contribution in [3.8, 4) is 11.1 Å². The summed E-state index contributed by atoms with van der Waals surface area (Å²) in [7, 11) is 0. The van der Waals surface area contributed by atoms with E-state index in [2.05, 4.69) is 12.2 Å². The normalized spacial score (nSPS) is 12.7. The molecule has 0 saturated carbocycles. The molecule has 1 amide bonds. The highest BCUT2D eigenvalue weighted by atomic mass is 35.5. The number of amides is 1. The van der Waals surface area contributed by atoms with Crippen LogP contribution in [0, 0.1) is 0 Å². The van der Waals surface area contributed by atoms with Crippen molar-refractivity contribution in [2.75, 3.05) is 6.54 Å². The first kappa shape index (κ1) is 25.0. The van der Waals surface area contributed by atoms with Crippen LogP contribution in [0.2, 0.25) is 10.0 Å². The van der Waals surface area contributed by atoms with Crippen molar-refractivity contribution in [2.24, 2.45) is 0 Å². The SMILES string of the molecule is CC(c1ccc(Cl)cc1)C(CNC(=O)c1ccc(-c2ccccc2CO)cc1)c1ccc(Cl)cc1. The third kappa shape index (κ3) is 6.12. The number of hydrogen-bond donors (Lipinski definition) is 2. The zero-order valence-electron chi connectivity index (χ0n) is 19.4. The number of hydrogen-bond acceptors (Lipinski definition) is 2. The van der Waals surface area contributed by atoms with Gasteiger partial charge in [-0.25, -0.2) is 0 Å². The Bertz CT molecular complexity index is 1270. The second kappa shape index (κ2) is 11.5. The topological polar surface area (TPSA) is 49.3 Å². The molecule has 0 spiro atoms. The summed E-state index contributed by atoms with van der Waals surface area (Å²) >= 11 is 12.2. The molecule has 0 fully saturated rings. The molecular formula is C30H27Cl2NO2. The molecule has 3 nitrogen and oxygen atoms in total. The molecular weight excluding hydrogens is 477 g/mol. The fourth-order valence-corrected chi connectivity index (χ4v) is 4.59. The highest BCUT2D eigenvalue weighted by Crippen LogP contribution is 2.33. The molecule has 2 unspecified atom stereocenters. The maximum absolute atomic E-state index is 13.0. The van der Waals surface area contributed by atoms with Gasteiger partial charge in [-0.05, 0) is 70.1 Å². The molecule has 5 heteroatoms. The Kier molecular flexibility index (Phi) is 8.25. The lowest BCUT2D eigenvalue weighted by Crippen LogP contribution is -2.30. The van der Waals surface area contributed by atoms with Gasteiger partial charge in [0.15, 0.2) is 0 Å². The first-order chi connectivity index (χ1) is 17.0. The third-order valence-electron chi connectivity index (χ3n) is 6.43. The first-order valence-corrected chi connectivity index (χ1v) is 12.3. The number of aliphatic hydroxyl groups is 1. The van der Waals surface area contributed by atoms with Gasteiger partial charge in [0.1, 0.15) is 0 Å². The fraction of sp³-hybridized carbons (Fsp3) is 0.167. The van der Waals surface area contributed by atoms with E-state index in [1.165, 1.54) is 0 Å². The van der Waals surface area contributed by atoms with Crippen LogP contribution >= 0.6 is 23.2 Å². The summed E-state index contributed by atoms with van der Waals surface area (Å²) in [5, 5.41) is 14.1. The van der Waals surface area contributed by atoms with E-state index >= 15 is 0 Å². The van der Waals surface area contributed by atoms with E-state index in [9.17, 15) is 9.90 Å². The Labute approximate surface area is 216 Å². The molecule has 4 aromatic rings. The highest BCUT2D eigenvalue weighted by Gasteiger charge is 2.22. The van der Waals surface area contributed by atoms with Crippen molar-refractivity contribution in [2.45, 2.75) is 25.4 Å². The smallest absolute Gasteiger partial charge is 0.251 e. The Balaban J connectivity index is 1.51. The van der Waals surface area contributed by atoms with E-state index < -0.39 is 0 Å². The Morgan fingerprint density at radius 2 is 1.37 bits per heavy atom. The van der Waals surface area contributed by atoms with Gasteiger partial charge in [-0.15, -0.1) is 0 Å². The number of halogens is 2. The summed E-state index contributed by atoms with van der Waals surface area (Å²) in [6.07, 6.45) is 0. The van der Waals surface area contributed by atoms with Gasteiger partial charge in [-0.2, -0.15) is 0 Å². The van der Waals surface area contributed by atoms with E-state index in [4.69, 9.17) is 23.2 Å². The van der Waals surface area contributed by atoms with Crippen LogP contribution in [-0.4, -0.2) is 17.6 Å². The van der Waals surface area contributed by atoms with Crippen LogP contribution < -0.4 is 5.32 Å². The molecule has 0 aliphatic heterocycles. The largest absolute Gasteiger partial charge is 0.392 e. The molecule has 2 atom stereocenters. The molecule has 0 aliphatic rings. The average Bonchev–Trinajstić information content (AvgIpc) is 2.90. The van der Waals surface area contributed by atoms with E-state index in [0.717, 1.165) is 27.8 Å². The molecule has 2 N–H and O–H groups in total. The van der Waals surface area contributed by atoms with E-state index in [-0.39, 0.29) is 24.3 Å². The average molecular weight is 504 g/mol. The Morgan fingerprint density at radius 1 is 0.800 bits per heavy atom. The summed E-state index contributed by atoms with van der Waals surface area (Å²) < 4.78 is 0. The molecule has 0 bridgehead atoms. The van der Waals surface area contributed by atoms with Crippen molar-refractivity contribution >= 4 is 29.1 Å². The van der Waals surface area contributed by atoms with Crippen molar-refractivity contribution in [3.05, 3.63) is 129 Å². The highest BCUT2D eigenvalue weighted by molar-refractivity contribution is 6.30. The maximum atomic E-state index is 13.0. The van der Waals surface area contributed by atoms with Crippen LogP contribution in [-0.2, 0) is 6.61 Å². The summed E-state index contributed by atoms with van der Waals surface area (Å²) in [5.74, 6) is 0.0634. The minimum atomic E-state index is -0.130. The van der Waals surface area contributed by atoms with E-state index in [0.29, 0.717) is 22.2 Å². The molecule has 0 aromatic heterocycles. The van der Waals surface area contributed by atoms with Gasteiger partial charge in [0.25, 0.3) is 5.91 Å². The molecule has 0 saturated heterocycles. The van der Waals surface area contributed by atoms with Gasteiger partial charge in [-0.3, -0.25) is 4.79 Å². The standard InChI is InChI=1S/C30H27Cl2NO2/c1-20(21-10-14-26(31)15-11-21)29(23-12-16-27(32)17-13-23)18-33-30(35)24-8-6-22(7-9-24)28-5-3-2-4-25(28)19-34/h2-17,20,29,34H,18-19H2,1H3,(H,33,35). The summed E-state index contributed by atoms with van der Waals surface area (Å²) in [6.45, 7) is 2.59. The molecule has 0 radical (unpaired) electrons. The quantitative estimate of drug-likeness (QED) is 0.262. The fourth-order valence-electron chi connectivity index (χ4n) is 4.34. The van der Waals surface area contributed by atoms with Crippen LogP contribution in [0.15, 0.2) is 97.1 Å². The lowest BCUT2D eigenvalue weighted by Gasteiger charge is -2.25. The third-order valence-corrected chi connectivity index (χ3v) is 6.93. The van der Waals surface area contributed by atoms with Crippen LogP contribution in [0.3, 0.4) is 0 Å². The van der Waals surface area contributed by atoms with Crippen molar-refractivity contribution in [3.63, 3.8) is 0 Å². The van der Waals surface area contributed by atoms with Crippen LogP contribution in [0.25, 0.3) is 11.1 Å². The van der Waals surface area contributed by atoms with Crippen LogP contribution in [0.5, 0.6) is 0 Å². The number of carbonyl (C=O) groups excluding carboxylic acids is 1. The van der Waals surface area contributed by atoms with E-state index in [1.807, 2.05) is 97.1 Å². The monoisotopic (exact) mass is 503 g/mol. The van der Waals surface area contributed by atoms with Gasteiger partial charge >= 0.3 is 0 Å². The lowest BCUT2D eigenvalue weighted by atomic mass is 9.82. The zero-order chi connectivity index (χ0) is 24.8. The first-order valence-electron chi connectivity index (χ1n) is 11.5. The van der Waals surface area contributed by atoms with Crippen molar-refractivity contribution < 1.29 is 9.90 Å². The Hall–Kier alpha value is -3.11. The van der Waals surface area contributed by atoms with Gasteiger partial charge in [0.2, 0.25) is 0 Å². The maximum Gasteiger partial charge on any atom is 0.251 e. The second-order valence-corrected chi connectivity index (χ2v) is 9.47. The molecule has 35 heavy (non-hydrogen) atoms. The molecule has 0 aliphatic carbocycles. The van der Waals surface area contributed by atoms with Crippen LogP contribution in [0.4, 0.5) is 0 Å². The van der Waals surface area contributed by atoms with Gasteiger partial charge in [-0.1, -0.05) is 90.8 Å². The molecule has 0 heterocycles. The molecule has 178 valence electrons. The number of benzene rings is 4. The number of rotatable bonds is 8. The van der Waals surface area contributed by atoms with Crippen molar-refractivity contribution in [1.29, 1.82) is 0 Å². The summed E-state index contributed by atoms with van der Waals surface area (Å²) in [5.41, 5.74) is 5.61. The van der Waals surface area contributed by atoms with Crippen LogP contribution in [0.1, 0.15) is 45.8 Å². The Morgan fingerprint density at radius 3 is 1.97 bits per heavy atom. The predicted octanol–water partition coefficient (Wildman–Crippen LogP) is 7.47. The summed E-state index contributed by atoms with van der Waals surface area (Å²) in [4.78, 5) is 13.0. The van der Waals surface area contributed by atoms with Crippen molar-refractivity contribution in [1.82, 2.24) is 5.32 Å². The minimum absolute atomic E-state index is 0.0314. The van der Waals surface area contributed by atoms with Gasteiger partial charge in [0, 0.05) is 28.1 Å². The minimum Gasteiger partial charge on any atom is -0.392 e. The zero-order valence-corrected chi connectivity index (χ0v) is 20.9. The van der Waals surface area contributed by atoms with Gasteiger partial charge < -0.3 is 10.4 Å².